The van der Waals surface area contributed by atoms with E-state index in [0.29, 0.717) is 17.5 Å². The van der Waals surface area contributed by atoms with Crippen LogP contribution in [0.4, 0.5) is 4.39 Å². The van der Waals surface area contributed by atoms with Gasteiger partial charge in [-0.05, 0) is 29.7 Å². The highest BCUT2D eigenvalue weighted by Crippen LogP contribution is 2.22. The zero-order valence-corrected chi connectivity index (χ0v) is 10.9. The quantitative estimate of drug-likeness (QED) is 0.887. The Morgan fingerprint density at radius 3 is 2.47 bits per heavy atom. The standard InChI is InChI=1S/C16H18FNO/c1-11-13(8-5-9-14(11)17)16(18)15(19)10-12-6-3-2-4-7-12/h2-9,15-16,19H,10,18H2,1H3/t15-,16+/m1/s1. The van der Waals surface area contributed by atoms with E-state index in [-0.39, 0.29) is 5.82 Å². The number of aliphatic hydroxyl groups is 1. The highest BCUT2D eigenvalue weighted by molar-refractivity contribution is 5.31. The molecule has 0 amide bonds. The summed E-state index contributed by atoms with van der Waals surface area (Å²) >= 11 is 0. The van der Waals surface area contributed by atoms with Crippen molar-refractivity contribution in [3.05, 3.63) is 71.0 Å². The van der Waals surface area contributed by atoms with Crippen LogP contribution in [0, 0.1) is 12.7 Å². The van der Waals surface area contributed by atoms with Crippen molar-refractivity contribution in [3.8, 4) is 0 Å². The van der Waals surface area contributed by atoms with E-state index in [1.165, 1.54) is 6.07 Å². The van der Waals surface area contributed by atoms with Gasteiger partial charge >= 0.3 is 0 Å². The third-order valence-corrected chi connectivity index (χ3v) is 3.37. The molecule has 3 N–H and O–H groups in total. The molecule has 2 rings (SSSR count). The lowest BCUT2D eigenvalue weighted by atomic mass is 9.94. The van der Waals surface area contributed by atoms with Crippen LogP contribution in [-0.2, 0) is 6.42 Å². The molecule has 19 heavy (non-hydrogen) atoms. The van der Waals surface area contributed by atoms with Gasteiger partial charge in [-0.1, -0.05) is 42.5 Å². The molecule has 0 radical (unpaired) electrons. The number of hydrogen-bond acceptors (Lipinski definition) is 2. The van der Waals surface area contributed by atoms with Crippen LogP contribution in [0.2, 0.25) is 0 Å². The van der Waals surface area contributed by atoms with Gasteiger partial charge in [-0.3, -0.25) is 0 Å². The Bertz CT molecular complexity index is 542. The minimum absolute atomic E-state index is 0.292. The van der Waals surface area contributed by atoms with Crippen LogP contribution in [-0.4, -0.2) is 11.2 Å². The molecule has 0 spiro atoms. The fourth-order valence-corrected chi connectivity index (χ4v) is 2.18. The number of benzene rings is 2. The Labute approximate surface area is 112 Å². The van der Waals surface area contributed by atoms with E-state index in [2.05, 4.69) is 0 Å². The molecule has 0 fully saturated rings. The van der Waals surface area contributed by atoms with Gasteiger partial charge in [-0.25, -0.2) is 4.39 Å². The van der Waals surface area contributed by atoms with E-state index < -0.39 is 12.1 Å². The van der Waals surface area contributed by atoms with E-state index >= 15 is 0 Å². The van der Waals surface area contributed by atoms with Crippen molar-refractivity contribution in [2.24, 2.45) is 5.73 Å². The molecule has 0 aliphatic heterocycles. The van der Waals surface area contributed by atoms with E-state index in [1.807, 2.05) is 30.3 Å². The minimum Gasteiger partial charge on any atom is -0.391 e. The average molecular weight is 259 g/mol. The summed E-state index contributed by atoms with van der Waals surface area (Å²) in [5.41, 5.74) is 8.21. The van der Waals surface area contributed by atoms with Crippen LogP contribution in [0.1, 0.15) is 22.7 Å². The molecule has 2 atom stereocenters. The van der Waals surface area contributed by atoms with E-state index in [1.54, 1.807) is 19.1 Å². The van der Waals surface area contributed by atoms with Crippen molar-refractivity contribution in [2.75, 3.05) is 0 Å². The maximum Gasteiger partial charge on any atom is 0.126 e. The normalized spacial score (nSPS) is 14.1. The maximum atomic E-state index is 13.5. The number of nitrogens with two attached hydrogens (primary N) is 1. The molecular formula is C16H18FNO. The first-order valence-electron chi connectivity index (χ1n) is 6.32. The number of rotatable bonds is 4. The van der Waals surface area contributed by atoms with Crippen molar-refractivity contribution in [1.29, 1.82) is 0 Å². The zero-order valence-electron chi connectivity index (χ0n) is 10.9. The highest BCUT2D eigenvalue weighted by atomic mass is 19.1. The Balaban J connectivity index is 2.15. The largest absolute Gasteiger partial charge is 0.391 e. The van der Waals surface area contributed by atoms with Gasteiger partial charge < -0.3 is 10.8 Å². The number of aliphatic hydroxyl groups excluding tert-OH is 1. The van der Waals surface area contributed by atoms with E-state index in [4.69, 9.17) is 5.73 Å². The maximum absolute atomic E-state index is 13.5. The SMILES string of the molecule is Cc1c(F)cccc1[C@H](N)[C@H](O)Cc1ccccc1. The predicted octanol–water partition coefficient (Wildman–Crippen LogP) is 2.74. The van der Waals surface area contributed by atoms with Gasteiger partial charge in [0.05, 0.1) is 12.1 Å². The van der Waals surface area contributed by atoms with Gasteiger partial charge in [-0.2, -0.15) is 0 Å². The molecule has 0 saturated carbocycles. The van der Waals surface area contributed by atoms with Gasteiger partial charge in [0, 0.05) is 6.42 Å². The second-order valence-electron chi connectivity index (χ2n) is 4.74. The molecule has 0 bridgehead atoms. The first kappa shape index (κ1) is 13.7. The van der Waals surface area contributed by atoms with E-state index in [0.717, 1.165) is 5.56 Å². The van der Waals surface area contributed by atoms with Crippen LogP contribution < -0.4 is 5.73 Å². The summed E-state index contributed by atoms with van der Waals surface area (Å²) in [4.78, 5) is 0. The zero-order chi connectivity index (χ0) is 13.8. The molecule has 2 nitrogen and oxygen atoms in total. The monoisotopic (exact) mass is 259 g/mol. The lowest BCUT2D eigenvalue weighted by Crippen LogP contribution is -2.29. The summed E-state index contributed by atoms with van der Waals surface area (Å²) in [6, 6.07) is 13.8. The van der Waals surface area contributed by atoms with Crippen molar-refractivity contribution in [3.63, 3.8) is 0 Å². The molecular weight excluding hydrogens is 241 g/mol. The smallest absolute Gasteiger partial charge is 0.126 e. The molecule has 0 saturated heterocycles. The van der Waals surface area contributed by atoms with Crippen molar-refractivity contribution in [1.82, 2.24) is 0 Å². The second-order valence-corrected chi connectivity index (χ2v) is 4.74. The van der Waals surface area contributed by atoms with Crippen LogP contribution in [0.3, 0.4) is 0 Å². The first-order chi connectivity index (χ1) is 9.09. The molecule has 0 unspecified atom stereocenters. The van der Waals surface area contributed by atoms with Crippen molar-refractivity contribution < 1.29 is 9.50 Å². The first-order valence-corrected chi connectivity index (χ1v) is 6.32. The molecule has 0 aliphatic rings. The van der Waals surface area contributed by atoms with Gasteiger partial charge in [0.1, 0.15) is 5.82 Å². The summed E-state index contributed by atoms with van der Waals surface area (Å²) in [6.45, 7) is 1.68. The Kier molecular flexibility index (Phi) is 4.30. The Morgan fingerprint density at radius 1 is 1.11 bits per heavy atom. The summed E-state index contributed by atoms with van der Waals surface area (Å²) < 4.78 is 13.5. The predicted molar refractivity (Wildman–Crippen MR) is 74.2 cm³/mol. The minimum atomic E-state index is -0.733. The molecule has 3 heteroatoms. The fraction of sp³-hybridized carbons (Fsp3) is 0.250. The third kappa shape index (κ3) is 3.19. The molecule has 100 valence electrons. The lowest BCUT2D eigenvalue weighted by molar-refractivity contribution is 0.144. The molecule has 0 heterocycles. The summed E-state index contributed by atoms with van der Waals surface area (Å²) in [5, 5.41) is 10.2. The van der Waals surface area contributed by atoms with Crippen molar-refractivity contribution in [2.45, 2.75) is 25.5 Å². The van der Waals surface area contributed by atoms with Crippen molar-refractivity contribution >= 4 is 0 Å². The number of halogens is 1. The van der Waals surface area contributed by atoms with Crippen LogP contribution in [0.25, 0.3) is 0 Å². The third-order valence-electron chi connectivity index (χ3n) is 3.37. The summed E-state index contributed by atoms with van der Waals surface area (Å²) in [6.07, 6.45) is -0.277. The van der Waals surface area contributed by atoms with Gasteiger partial charge in [0.15, 0.2) is 0 Å². The second kappa shape index (κ2) is 5.95. The van der Waals surface area contributed by atoms with E-state index in [9.17, 15) is 9.50 Å². The molecule has 0 aliphatic carbocycles. The lowest BCUT2D eigenvalue weighted by Gasteiger charge is -2.21. The van der Waals surface area contributed by atoms with Gasteiger partial charge in [0.25, 0.3) is 0 Å². The molecule has 2 aromatic rings. The molecule has 0 aromatic heterocycles. The van der Waals surface area contributed by atoms with Gasteiger partial charge in [0.2, 0.25) is 0 Å². The Morgan fingerprint density at radius 2 is 1.79 bits per heavy atom. The average Bonchev–Trinajstić information content (AvgIpc) is 2.42. The summed E-state index contributed by atoms with van der Waals surface area (Å²) in [5.74, 6) is -0.292. The van der Waals surface area contributed by atoms with Crippen LogP contribution >= 0.6 is 0 Å². The Hall–Kier alpha value is -1.71. The topological polar surface area (TPSA) is 46.2 Å². The van der Waals surface area contributed by atoms with Gasteiger partial charge in [-0.15, -0.1) is 0 Å². The summed E-state index contributed by atoms with van der Waals surface area (Å²) in [7, 11) is 0. The fourth-order valence-electron chi connectivity index (χ4n) is 2.18. The number of hydrogen-bond donors (Lipinski definition) is 2. The van der Waals surface area contributed by atoms with Crippen LogP contribution in [0.5, 0.6) is 0 Å². The molecule has 2 aromatic carbocycles. The highest BCUT2D eigenvalue weighted by Gasteiger charge is 2.20. The van der Waals surface area contributed by atoms with Crippen LogP contribution in [0.15, 0.2) is 48.5 Å².